The normalized spacial score (nSPS) is 12.2. The average Bonchev–Trinajstić information content (AvgIpc) is 3.07. The average molecular weight is 374 g/mol. The largest absolute Gasteiger partial charge is 0.452 e. The van der Waals surface area contributed by atoms with E-state index in [9.17, 15) is 9.00 Å². The highest BCUT2D eigenvalue weighted by molar-refractivity contribution is 7.84. The number of fused-ring (bicyclic) bond motifs is 1. The van der Waals surface area contributed by atoms with Crippen LogP contribution in [0, 0.1) is 6.92 Å². The molecule has 0 radical (unpaired) electrons. The Morgan fingerprint density at radius 2 is 1.56 bits per heavy atom. The lowest BCUT2D eigenvalue weighted by Crippen LogP contribution is -2.06. The summed E-state index contributed by atoms with van der Waals surface area (Å²) in [7, 11) is -1.28. The summed E-state index contributed by atoms with van der Waals surface area (Å²) in [5.74, 6) is 0.309. The summed E-state index contributed by atoms with van der Waals surface area (Å²) in [6.45, 7) is 1.94. The van der Waals surface area contributed by atoms with Crippen LogP contribution in [0.3, 0.4) is 0 Å². The lowest BCUT2D eigenvalue weighted by molar-refractivity contribution is 0.101. The van der Waals surface area contributed by atoms with Crippen LogP contribution < -0.4 is 0 Å². The zero-order valence-corrected chi connectivity index (χ0v) is 15.7. The van der Waals surface area contributed by atoms with Crippen LogP contribution in [0.2, 0.25) is 0 Å². The summed E-state index contributed by atoms with van der Waals surface area (Å²) in [6, 6.07) is 24.1. The summed E-state index contributed by atoms with van der Waals surface area (Å²) in [5.41, 5.74) is 2.86. The van der Waals surface area contributed by atoms with Crippen molar-refractivity contribution in [1.29, 1.82) is 0 Å². The first kappa shape index (κ1) is 17.4. The Morgan fingerprint density at radius 3 is 2.33 bits per heavy atom. The maximum absolute atomic E-state index is 13.0. The molecule has 134 valence electrons. The molecule has 0 unspecified atom stereocenters. The fourth-order valence-electron chi connectivity index (χ4n) is 3.17. The Bertz CT molecular complexity index is 1140. The van der Waals surface area contributed by atoms with Crippen molar-refractivity contribution in [3.63, 3.8) is 0 Å². The third-order valence-corrected chi connectivity index (χ3v) is 6.05. The highest BCUT2D eigenvalue weighted by Gasteiger charge is 2.23. The molecular formula is C23H18O3S. The minimum absolute atomic E-state index is 0.191. The summed E-state index contributed by atoms with van der Waals surface area (Å²) in [6.07, 6.45) is 0. The molecule has 3 aromatic carbocycles. The molecule has 4 rings (SSSR count). The van der Waals surface area contributed by atoms with Gasteiger partial charge in [0.05, 0.1) is 16.6 Å². The smallest absolute Gasteiger partial charge is 0.228 e. The molecule has 0 bridgehead atoms. The van der Waals surface area contributed by atoms with Gasteiger partial charge in [-0.1, -0.05) is 66.7 Å². The van der Waals surface area contributed by atoms with Crippen molar-refractivity contribution in [2.45, 2.75) is 17.6 Å². The Morgan fingerprint density at radius 1 is 0.889 bits per heavy atom. The van der Waals surface area contributed by atoms with E-state index in [1.165, 1.54) is 0 Å². The number of furan rings is 1. The first-order chi connectivity index (χ1) is 13.1. The van der Waals surface area contributed by atoms with Gasteiger partial charge in [0.1, 0.15) is 5.58 Å². The number of benzene rings is 3. The van der Waals surface area contributed by atoms with Gasteiger partial charge in [-0.05, 0) is 24.6 Å². The van der Waals surface area contributed by atoms with Crippen LogP contribution in [0.1, 0.15) is 27.2 Å². The van der Waals surface area contributed by atoms with Crippen LogP contribution in [0.5, 0.6) is 0 Å². The van der Waals surface area contributed by atoms with Crippen LogP contribution in [0.4, 0.5) is 0 Å². The molecule has 0 saturated carbocycles. The van der Waals surface area contributed by atoms with E-state index in [1.807, 2.05) is 73.7 Å². The zero-order valence-electron chi connectivity index (χ0n) is 14.8. The van der Waals surface area contributed by atoms with E-state index in [-0.39, 0.29) is 17.3 Å². The molecule has 0 fully saturated rings. The van der Waals surface area contributed by atoms with Gasteiger partial charge in [0.25, 0.3) is 0 Å². The predicted octanol–water partition coefficient (Wildman–Crippen LogP) is 5.28. The topological polar surface area (TPSA) is 47.3 Å². The monoisotopic (exact) mass is 374 g/mol. The van der Waals surface area contributed by atoms with Gasteiger partial charge in [-0.3, -0.25) is 9.00 Å². The fourth-order valence-corrected chi connectivity index (χ4v) is 4.53. The highest BCUT2D eigenvalue weighted by atomic mass is 32.2. The van der Waals surface area contributed by atoms with Crippen LogP contribution in [-0.4, -0.2) is 9.99 Å². The second-order valence-corrected chi connectivity index (χ2v) is 7.78. The summed E-state index contributed by atoms with van der Waals surface area (Å²) in [4.78, 5) is 13.8. The molecule has 0 saturated heterocycles. The number of aryl methyl sites for hydroxylation is 1. The number of hydrogen-bond donors (Lipinski definition) is 0. The van der Waals surface area contributed by atoms with E-state index in [0.29, 0.717) is 16.7 Å². The molecule has 0 N–H and O–H groups in total. The number of para-hydroxylation sites is 1. The van der Waals surface area contributed by atoms with Crippen LogP contribution in [-0.2, 0) is 16.6 Å². The van der Waals surface area contributed by atoms with Crippen molar-refractivity contribution in [2.24, 2.45) is 0 Å². The second kappa shape index (κ2) is 7.33. The Hall–Kier alpha value is -2.98. The van der Waals surface area contributed by atoms with E-state index in [0.717, 1.165) is 15.8 Å². The molecule has 1 heterocycles. The summed E-state index contributed by atoms with van der Waals surface area (Å²) in [5, 5.41) is 0.832. The molecule has 27 heavy (non-hydrogen) atoms. The zero-order chi connectivity index (χ0) is 18.8. The highest BCUT2D eigenvalue weighted by Crippen LogP contribution is 2.30. The maximum Gasteiger partial charge on any atom is 0.228 e. The van der Waals surface area contributed by atoms with Gasteiger partial charge in [-0.15, -0.1) is 0 Å². The van der Waals surface area contributed by atoms with E-state index in [2.05, 4.69) is 0 Å². The minimum atomic E-state index is -1.28. The van der Waals surface area contributed by atoms with Gasteiger partial charge in [0.15, 0.2) is 5.76 Å². The van der Waals surface area contributed by atoms with E-state index in [1.54, 1.807) is 12.1 Å². The van der Waals surface area contributed by atoms with Crippen molar-refractivity contribution in [3.05, 3.63) is 101 Å². The molecule has 0 aliphatic rings. The third-order valence-electron chi connectivity index (χ3n) is 4.55. The van der Waals surface area contributed by atoms with Gasteiger partial charge in [-0.2, -0.15) is 0 Å². The number of carbonyl (C=O) groups is 1. The van der Waals surface area contributed by atoms with E-state index in [4.69, 9.17) is 4.42 Å². The molecule has 3 nitrogen and oxygen atoms in total. The number of ketones is 1. The molecule has 0 aliphatic heterocycles. The van der Waals surface area contributed by atoms with Gasteiger partial charge >= 0.3 is 0 Å². The van der Waals surface area contributed by atoms with Crippen molar-refractivity contribution < 1.29 is 13.4 Å². The van der Waals surface area contributed by atoms with Crippen molar-refractivity contribution in [1.82, 2.24) is 0 Å². The summed E-state index contributed by atoms with van der Waals surface area (Å²) >= 11 is 0. The van der Waals surface area contributed by atoms with Gasteiger partial charge in [0, 0.05) is 21.4 Å². The fraction of sp³-hybridized carbons (Fsp3) is 0.0870. The standard InChI is InChI=1S/C23H18O3S/c1-16-9-5-8-14-21(16)27(25)15-19-18-12-6-7-13-20(18)26-23(19)22(24)17-10-3-2-4-11-17/h2-14H,15H2,1H3/t27-/m0/s1. The predicted molar refractivity (Wildman–Crippen MR) is 107 cm³/mol. The molecule has 1 aromatic heterocycles. The van der Waals surface area contributed by atoms with Gasteiger partial charge in [0.2, 0.25) is 5.78 Å². The quantitative estimate of drug-likeness (QED) is 0.447. The molecular weight excluding hydrogens is 356 g/mol. The first-order valence-corrected chi connectivity index (χ1v) is 10.0. The molecule has 4 aromatic rings. The lowest BCUT2D eigenvalue weighted by Gasteiger charge is -2.06. The van der Waals surface area contributed by atoms with E-state index >= 15 is 0 Å². The molecule has 0 spiro atoms. The van der Waals surface area contributed by atoms with E-state index < -0.39 is 10.8 Å². The molecule has 1 atom stereocenters. The number of carbonyl (C=O) groups excluding carboxylic acids is 1. The molecule has 0 amide bonds. The van der Waals surface area contributed by atoms with Crippen LogP contribution in [0.15, 0.2) is 88.2 Å². The number of hydrogen-bond acceptors (Lipinski definition) is 3. The SMILES string of the molecule is Cc1ccccc1[S@@](=O)Cc1c(C(=O)c2ccccc2)oc2ccccc12. The Balaban J connectivity index is 1.80. The van der Waals surface area contributed by atoms with Crippen molar-refractivity contribution in [3.8, 4) is 0 Å². The number of rotatable bonds is 5. The third kappa shape index (κ3) is 3.36. The first-order valence-electron chi connectivity index (χ1n) is 8.69. The van der Waals surface area contributed by atoms with Gasteiger partial charge < -0.3 is 4.42 Å². The second-order valence-electron chi connectivity index (χ2n) is 6.36. The lowest BCUT2D eigenvalue weighted by atomic mass is 10.0. The van der Waals surface area contributed by atoms with Crippen LogP contribution >= 0.6 is 0 Å². The minimum Gasteiger partial charge on any atom is -0.452 e. The molecule has 4 heteroatoms. The van der Waals surface area contributed by atoms with Crippen molar-refractivity contribution in [2.75, 3.05) is 0 Å². The van der Waals surface area contributed by atoms with Gasteiger partial charge in [-0.25, -0.2) is 0 Å². The summed E-state index contributed by atoms with van der Waals surface area (Å²) < 4.78 is 18.9. The van der Waals surface area contributed by atoms with Crippen LogP contribution in [0.25, 0.3) is 11.0 Å². The Labute approximate surface area is 160 Å². The van der Waals surface area contributed by atoms with Crippen molar-refractivity contribution >= 4 is 27.6 Å². The molecule has 0 aliphatic carbocycles. The maximum atomic E-state index is 13.0. The Kier molecular flexibility index (Phi) is 4.73.